The molecular formula is C15H7F6IN4. The van der Waals surface area contributed by atoms with Crippen LogP contribution in [0.25, 0.3) is 17.1 Å². The first-order valence-corrected chi connectivity index (χ1v) is 7.96. The summed E-state index contributed by atoms with van der Waals surface area (Å²) in [7, 11) is 0. The molecule has 0 N–H and O–H groups in total. The lowest BCUT2D eigenvalue weighted by atomic mass is 10.1. The number of alkyl halides is 5. The molecule has 0 spiro atoms. The molecule has 0 fully saturated rings. The average Bonchev–Trinajstić information content (AvgIpc) is 3.03. The van der Waals surface area contributed by atoms with Crippen molar-refractivity contribution in [3.05, 3.63) is 57.7 Å². The van der Waals surface area contributed by atoms with Crippen molar-refractivity contribution in [3.8, 4) is 17.1 Å². The van der Waals surface area contributed by atoms with Gasteiger partial charge in [0.1, 0.15) is 17.2 Å². The van der Waals surface area contributed by atoms with Crippen LogP contribution in [0.4, 0.5) is 26.3 Å². The predicted octanol–water partition coefficient (Wildman–Crippen LogP) is 4.73. The van der Waals surface area contributed by atoms with Gasteiger partial charge in [0.25, 0.3) is 0 Å². The molecule has 2 heterocycles. The molecule has 0 saturated carbocycles. The summed E-state index contributed by atoms with van der Waals surface area (Å²) in [6.07, 6.45) is -3.74. The third-order valence-corrected chi connectivity index (χ3v) is 4.06. The fourth-order valence-corrected chi connectivity index (χ4v) is 2.55. The molecule has 2 aromatic heterocycles. The fraction of sp³-hybridized carbons (Fsp3) is 0.133. The lowest BCUT2D eigenvalue weighted by molar-refractivity contribution is -0.289. The third-order valence-electron chi connectivity index (χ3n) is 3.39. The maximum atomic E-state index is 14.0. The van der Waals surface area contributed by atoms with E-state index in [0.29, 0.717) is 15.7 Å². The van der Waals surface area contributed by atoms with Crippen molar-refractivity contribution in [1.82, 2.24) is 20.0 Å². The van der Waals surface area contributed by atoms with Gasteiger partial charge in [0.2, 0.25) is 0 Å². The van der Waals surface area contributed by atoms with Gasteiger partial charge in [0.05, 0.1) is 11.9 Å². The molecule has 3 rings (SSSR count). The molecule has 136 valence electrons. The zero-order valence-electron chi connectivity index (χ0n) is 12.5. The van der Waals surface area contributed by atoms with Crippen LogP contribution in [0, 0.1) is 9.39 Å². The molecule has 0 aliphatic heterocycles. The molecule has 0 saturated heterocycles. The predicted molar refractivity (Wildman–Crippen MR) is 87.2 cm³/mol. The van der Waals surface area contributed by atoms with Crippen LogP contribution in [-0.4, -0.2) is 26.2 Å². The maximum Gasteiger partial charge on any atom is 0.458 e. The molecule has 4 nitrogen and oxygen atoms in total. The number of nitrogens with zero attached hydrogens (tertiary/aromatic N) is 4. The Morgan fingerprint density at radius 3 is 2.35 bits per heavy atom. The minimum Gasteiger partial charge on any atom is -0.254 e. The molecule has 0 unspecified atom stereocenters. The molecule has 0 radical (unpaired) electrons. The van der Waals surface area contributed by atoms with Gasteiger partial charge < -0.3 is 0 Å². The van der Waals surface area contributed by atoms with E-state index >= 15 is 0 Å². The quantitative estimate of drug-likeness (QED) is 0.399. The minimum absolute atomic E-state index is 0.0425. The van der Waals surface area contributed by atoms with E-state index in [2.05, 4.69) is 15.3 Å². The number of halogens is 7. The Bertz CT molecular complexity index is 953. The zero-order valence-corrected chi connectivity index (χ0v) is 14.6. The van der Waals surface area contributed by atoms with Crippen molar-refractivity contribution in [2.24, 2.45) is 0 Å². The number of pyridine rings is 1. The van der Waals surface area contributed by atoms with E-state index in [1.54, 1.807) is 6.07 Å². The van der Waals surface area contributed by atoms with Crippen LogP contribution in [0.2, 0.25) is 0 Å². The number of hydrogen-bond donors (Lipinski definition) is 0. The van der Waals surface area contributed by atoms with Crippen molar-refractivity contribution in [2.75, 3.05) is 0 Å². The molecular weight excluding hydrogens is 477 g/mol. The van der Waals surface area contributed by atoms with Crippen LogP contribution in [0.3, 0.4) is 0 Å². The van der Waals surface area contributed by atoms with E-state index in [4.69, 9.17) is 0 Å². The fourth-order valence-electron chi connectivity index (χ4n) is 2.10. The highest BCUT2D eigenvalue weighted by Crippen LogP contribution is 2.44. The third kappa shape index (κ3) is 3.39. The molecule has 0 amide bonds. The van der Waals surface area contributed by atoms with Gasteiger partial charge in [-0.1, -0.05) is 5.21 Å². The normalized spacial score (nSPS) is 12.4. The van der Waals surface area contributed by atoms with E-state index in [1.807, 2.05) is 22.6 Å². The number of rotatable bonds is 3. The molecule has 0 aliphatic rings. The molecule has 0 aliphatic carbocycles. The lowest BCUT2D eigenvalue weighted by Gasteiger charge is -2.19. The van der Waals surface area contributed by atoms with Crippen molar-refractivity contribution in [2.45, 2.75) is 12.1 Å². The summed E-state index contributed by atoms with van der Waals surface area (Å²) in [6.45, 7) is 0. The van der Waals surface area contributed by atoms with Crippen LogP contribution in [-0.2, 0) is 5.92 Å². The highest BCUT2D eigenvalue weighted by atomic mass is 127. The highest BCUT2D eigenvalue weighted by molar-refractivity contribution is 14.1. The van der Waals surface area contributed by atoms with E-state index in [-0.39, 0.29) is 17.1 Å². The summed E-state index contributed by atoms with van der Waals surface area (Å²) in [5.74, 6) is -5.64. The molecule has 26 heavy (non-hydrogen) atoms. The Morgan fingerprint density at radius 1 is 0.962 bits per heavy atom. The smallest absolute Gasteiger partial charge is 0.254 e. The summed E-state index contributed by atoms with van der Waals surface area (Å²) in [6, 6.07) is 5.44. The second-order valence-corrected chi connectivity index (χ2v) is 6.39. The Labute approximate surface area is 156 Å². The van der Waals surface area contributed by atoms with Crippen LogP contribution < -0.4 is 0 Å². The summed E-state index contributed by atoms with van der Waals surface area (Å²) < 4.78 is 80.1. The van der Waals surface area contributed by atoms with Gasteiger partial charge >= 0.3 is 12.1 Å². The van der Waals surface area contributed by atoms with E-state index in [1.165, 1.54) is 18.3 Å². The first kappa shape index (κ1) is 18.6. The summed E-state index contributed by atoms with van der Waals surface area (Å²) in [5.41, 5.74) is -1.56. The second-order valence-electron chi connectivity index (χ2n) is 5.15. The minimum atomic E-state index is -5.74. The van der Waals surface area contributed by atoms with Crippen molar-refractivity contribution in [3.63, 3.8) is 0 Å². The number of aromatic nitrogens is 4. The molecule has 1 aromatic carbocycles. The van der Waals surface area contributed by atoms with Crippen LogP contribution in [0.15, 0.2) is 42.7 Å². The number of hydrogen-bond acceptors (Lipinski definition) is 3. The van der Waals surface area contributed by atoms with Crippen molar-refractivity contribution in [1.29, 1.82) is 0 Å². The van der Waals surface area contributed by atoms with Gasteiger partial charge in [-0.2, -0.15) is 22.0 Å². The van der Waals surface area contributed by atoms with E-state index < -0.39 is 23.5 Å². The monoisotopic (exact) mass is 484 g/mol. The SMILES string of the molecule is Fc1cc(I)ccc1-n1cc(-c2cc(C(F)(F)C(F)(F)F)ccn2)nn1. The van der Waals surface area contributed by atoms with Crippen molar-refractivity contribution < 1.29 is 26.3 Å². The van der Waals surface area contributed by atoms with Crippen LogP contribution in [0.5, 0.6) is 0 Å². The van der Waals surface area contributed by atoms with E-state index in [9.17, 15) is 26.3 Å². The van der Waals surface area contributed by atoms with Gasteiger partial charge in [0.15, 0.2) is 0 Å². The lowest BCUT2D eigenvalue weighted by Crippen LogP contribution is -2.33. The molecule has 0 bridgehead atoms. The van der Waals surface area contributed by atoms with Gasteiger partial charge in [-0.25, -0.2) is 9.07 Å². The zero-order chi connectivity index (χ0) is 19.1. The summed E-state index contributed by atoms with van der Waals surface area (Å²) >= 11 is 1.92. The Hall–Kier alpha value is -2.18. The topological polar surface area (TPSA) is 43.6 Å². The molecule has 0 atom stereocenters. The standard InChI is InChI=1S/C15H7F6IN4/c16-10-6-9(22)1-2-13(10)26-7-12(24-25-26)11-5-8(3-4-23-11)14(17,18)15(19,20)21/h1-7H. The highest BCUT2D eigenvalue weighted by Gasteiger charge is 2.58. The number of benzene rings is 1. The van der Waals surface area contributed by atoms with E-state index in [0.717, 1.165) is 10.9 Å². The largest absolute Gasteiger partial charge is 0.458 e. The summed E-state index contributed by atoms with van der Waals surface area (Å²) in [5, 5.41) is 7.34. The van der Waals surface area contributed by atoms with Gasteiger partial charge in [-0.05, 0) is 52.9 Å². The van der Waals surface area contributed by atoms with Crippen LogP contribution >= 0.6 is 22.6 Å². The average molecular weight is 484 g/mol. The van der Waals surface area contributed by atoms with Gasteiger partial charge in [-0.3, -0.25) is 4.98 Å². The maximum absolute atomic E-state index is 14.0. The Kier molecular flexibility index (Phi) is 4.67. The van der Waals surface area contributed by atoms with Gasteiger partial charge in [-0.15, -0.1) is 5.10 Å². The molecule has 11 heteroatoms. The van der Waals surface area contributed by atoms with Crippen LogP contribution in [0.1, 0.15) is 5.56 Å². The molecule has 3 aromatic rings. The second kappa shape index (κ2) is 6.52. The first-order chi connectivity index (χ1) is 12.1. The summed E-state index contributed by atoms with van der Waals surface area (Å²) in [4.78, 5) is 3.74. The van der Waals surface area contributed by atoms with Crippen molar-refractivity contribution >= 4 is 22.6 Å². The Morgan fingerprint density at radius 2 is 1.69 bits per heavy atom. The Balaban J connectivity index is 1.99. The first-order valence-electron chi connectivity index (χ1n) is 6.89. The van der Waals surface area contributed by atoms with Gasteiger partial charge in [0, 0.05) is 15.3 Å².